The zero-order valence-electron chi connectivity index (χ0n) is 15.2. The number of sulfonamides is 1. The van der Waals surface area contributed by atoms with Crippen molar-refractivity contribution in [1.29, 1.82) is 0 Å². The lowest BCUT2D eigenvalue weighted by molar-refractivity contribution is 0.317. The summed E-state index contributed by atoms with van der Waals surface area (Å²) >= 11 is 0. The van der Waals surface area contributed by atoms with E-state index >= 15 is 0 Å². The second-order valence-electron chi connectivity index (χ2n) is 7.24. The summed E-state index contributed by atoms with van der Waals surface area (Å²) in [4.78, 5) is 3.90. The van der Waals surface area contributed by atoms with E-state index in [4.69, 9.17) is 0 Å². The van der Waals surface area contributed by atoms with Gasteiger partial charge in [-0.15, -0.1) is 0 Å². The maximum Gasteiger partial charge on any atom is 0.243 e. The van der Waals surface area contributed by atoms with Gasteiger partial charge in [0.05, 0.1) is 4.90 Å². The van der Waals surface area contributed by atoms with Gasteiger partial charge in [-0.2, -0.15) is 4.31 Å². The largest absolute Gasteiger partial charge is 0.358 e. The Morgan fingerprint density at radius 1 is 0.962 bits per heavy atom. The molecular formula is C21H24N2O2S. The second-order valence-corrected chi connectivity index (χ2v) is 9.17. The van der Waals surface area contributed by atoms with E-state index in [-0.39, 0.29) is 0 Å². The summed E-state index contributed by atoms with van der Waals surface area (Å²) in [6.07, 6.45) is 1.69. The van der Waals surface area contributed by atoms with Gasteiger partial charge in [0.2, 0.25) is 10.0 Å². The van der Waals surface area contributed by atoms with Gasteiger partial charge in [-0.05, 0) is 67.5 Å². The third kappa shape index (κ3) is 3.06. The molecule has 1 saturated heterocycles. The van der Waals surface area contributed by atoms with Crippen LogP contribution in [-0.2, 0) is 10.0 Å². The molecule has 0 spiro atoms. The van der Waals surface area contributed by atoms with Crippen LogP contribution in [0.25, 0.3) is 10.9 Å². The van der Waals surface area contributed by atoms with E-state index in [1.807, 2.05) is 32.0 Å². The predicted molar refractivity (Wildman–Crippen MR) is 105 cm³/mol. The van der Waals surface area contributed by atoms with E-state index in [0.717, 1.165) is 29.5 Å². The third-order valence-electron chi connectivity index (χ3n) is 5.56. The topological polar surface area (TPSA) is 53.2 Å². The van der Waals surface area contributed by atoms with Crippen molar-refractivity contribution >= 4 is 20.9 Å². The molecule has 0 bridgehead atoms. The molecule has 0 unspecified atom stereocenters. The molecule has 1 aliphatic rings. The molecule has 2 aromatic carbocycles. The van der Waals surface area contributed by atoms with Crippen LogP contribution in [0.15, 0.2) is 53.4 Å². The fourth-order valence-electron chi connectivity index (χ4n) is 3.75. The number of hydrogen-bond donors (Lipinski definition) is 1. The average Bonchev–Trinajstić information content (AvgIpc) is 3.08. The molecule has 0 atom stereocenters. The third-order valence-corrected chi connectivity index (χ3v) is 7.46. The first kappa shape index (κ1) is 17.3. The number of fused-ring (bicyclic) bond motifs is 1. The van der Waals surface area contributed by atoms with Crippen LogP contribution in [0.2, 0.25) is 0 Å². The number of aromatic nitrogens is 1. The van der Waals surface area contributed by atoms with Gasteiger partial charge in [0.25, 0.3) is 0 Å². The molecule has 4 rings (SSSR count). The van der Waals surface area contributed by atoms with Gasteiger partial charge in [0.15, 0.2) is 0 Å². The van der Waals surface area contributed by atoms with E-state index < -0.39 is 10.0 Å². The number of H-pyrrole nitrogens is 1. The van der Waals surface area contributed by atoms with Crippen molar-refractivity contribution in [3.05, 3.63) is 65.4 Å². The molecule has 136 valence electrons. The Labute approximate surface area is 154 Å². The Bertz CT molecular complexity index is 1010. The first-order chi connectivity index (χ1) is 12.4. The van der Waals surface area contributed by atoms with Crippen LogP contribution in [0.5, 0.6) is 0 Å². The maximum absolute atomic E-state index is 13.0. The predicted octanol–water partition coefficient (Wildman–Crippen LogP) is 4.35. The average molecular weight is 369 g/mol. The number of benzene rings is 2. The molecule has 5 heteroatoms. The molecule has 4 nitrogen and oxygen atoms in total. The highest BCUT2D eigenvalue weighted by Gasteiger charge is 2.30. The molecule has 26 heavy (non-hydrogen) atoms. The number of aryl methyl sites for hydroxylation is 2. The molecule has 0 radical (unpaired) electrons. The zero-order valence-corrected chi connectivity index (χ0v) is 16.0. The molecule has 1 aromatic heterocycles. The molecule has 3 aromatic rings. The van der Waals surface area contributed by atoms with Crippen molar-refractivity contribution in [3.8, 4) is 0 Å². The second kappa shape index (κ2) is 6.56. The van der Waals surface area contributed by atoms with Gasteiger partial charge in [-0.1, -0.05) is 24.3 Å². The standard InChI is InChI=1S/C21H24N2O2S/c1-15-7-8-19(13-16(15)2)26(24,25)23-11-9-17(10-12-23)21-14-18-5-3-4-6-20(18)22-21/h3-8,13-14,17,22H,9-12H2,1-2H3. The molecular weight excluding hydrogens is 344 g/mol. The molecule has 1 aliphatic heterocycles. The van der Waals surface area contributed by atoms with E-state index in [1.165, 1.54) is 11.1 Å². The molecule has 1 fully saturated rings. The van der Waals surface area contributed by atoms with Gasteiger partial charge in [0.1, 0.15) is 0 Å². The van der Waals surface area contributed by atoms with Crippen molar-refractivity contribution in [3.63, 3.8) is 0 Å². The number of aromatic amines is 1. The zero-order chi connectivity index (χ0) is 18.3. The summed E-state index contributed by atoms with van der Waals surface area (Å²) in [5.41, 5.74) is 4.49. The Hall–Kier alpha value is -2.11. The van der Waals surface area contributed by atoms with Gasteiger partial charge in [0, 0.05) is 30.2 Å². The van der Waals surface area contributed by atoms with Gasteiger partial charge in [-0.3, -0.25) is 0 Å². The number of nitrogens with one attached hydrogen (secondary N) is 1. The Morgan fingerprint density at radius 3 is 2.38 bits per heavy atom. The fourth-order valence-corrected chi connectivity index (χ4v) is 5.30. The lowest BCUT2D eigenvalue weighted by Crippen LogP contribution is -2.38. The SMILES string of the molecule is Cc1ccc(S(=O)(=O)N2CCC(c3cc4ccccc4[nH]3)CC2)cc1C. The minimum absolute atomic E-state index is 0.383. The van der Waals surface area contributed by atoms with Gasteiger partial charge >= 0.3 is 0 Å². The van der Waals surface area contributed by atoms with Gasteiger partial charge in [-0.25, -0.2) is 8.42 Å². The summed E-state index contributed by atoms with van der Waals surface area (Å²) < 4.78 is 27.5. The summed E-state index contributed by atoms with van der Waals surface area (Å²) in [5, 5.41) is 1.22. The normalized spacial score (nSPS) is 17.0. The van der Waals surface area contributed by atoms with Crippen LogP contribution in [0.3, 0.4) is 0 Å². The first-order valence-electron chi connectivity index (χ1n) is 9.10. The van der Waals surface area contributed by atoms with Crippen LogP contribution in [0, 0.1) is 13.8 Å². The molecule has 2 heterocycles. The number of para-hydroxylation sites is 1. The highest BCUT2D eigenvalue weighted by atomic mass is 32.2. The van der Waals surface area contributed by atoms with Crippen molar-refractivity contribution in [1.82, 2.24) is 9.29 Å². The Morgan fingerprint density at radius 2 is 1.69 bits per heavy atom. The van der Waals surface area contributed by atoms with E-state index in [1.54, 1.807) is 16.4 Å². The lowest BCUT2D eigenvalue weighted by Gasteiger charge is -2.31. The van der Waals surface area contributed by atoms with Crippen LogP contribution in [-0.4, -0.2) is 30.8 Å². The van der Waals surface area contributed by atoms with Crippen molar-refractivity contribution in [2.75, 3.05) is 13.1 Å². The quantitative estimate of drug-likeness (QED) is 0.747. The molecule has 0 saturated carbocycles. The molecule has 0 amide bonds. The monoisotopic (exact) mass is 368 g/mol. The number of piperidine rings is 1. The minimum Gasteiger partial charge on any atom is -0.358 e. The summed E-state index contributed by atoms with van der Waals surface area (Å²) in [6, 6.07) is 15.9. The first-order valence-corrected chi connectivity index (χ1v) is 10.5. The molecule has 1 N–H and O–H groups in total. The van der Waals surface area contributed by atoms with Crippen LogP contribution in [0.1, 0.15) is 35.6 Å². The summed E-state index contributed by atoms with van der Waals surface area (Å²) in [5.74, 6) is 0.383. The van der Waals surface area contributed by atoms with Crippen LogP contribution in [0.4, 0.5) is 0 Å². The highest BCUT2D eigenvalue weighted by Crippen LogP contribution is 2.32. The summed E-state index contributed by atoms with van der Waals surface area (Å²) in [6.45, 7) is 5.08. The minimum atomic E-state index is -3.41. The smallest absolute Gasteiger partial charge is 0.243 e. The lowest BCUT2D eigenvalue weighted by atomic mass is 9.95. The summed E-state index contributed by atoms with van der Waals surface area (Å²) in [7, 11) is -3.41. The van der Waals surface area contributed by atoms with Crippen LogP contribution >= 0.6 is 0 Å². The maximum atomic E-state index is 13.0. The Balaban J connectivity index is 1.51. The van der Waals surface area contributed by atoms with E-state index in [9.17, 15) is 8.42 Å². The van der Waals surface area contributed by atoms with E-state index in [0.29, 0.717) is 23.9 Å². The van der Waals surface area contributed by atoms with Crippen molar-refractivity contribution < 1.29 is 8.42 Å². The van der Waals surface area contributed by atoms with Crippen LogP contribution < -0.4 is 0 Å². The van der Waals surface area contributed by atoms with Crippen molar-refractivity contribution in [2.24, 2.45) is 0 Å². The Kier molecular flexibility index (Phi) is 4.37. The van der Waals surface area contributed by atoms with E-state index in [2.05, 4.69) is 23.2 Å². The van der Waals surface area contributed by atoms with Gasteiger partial charge < -0.3 is 4.98 Å². The number of nitrogens with zero attached hydrogens (tertiary/aromatic N) is 1. The van der Waals surface area contributed by atoms with Crippen molar-refractivity contribution in [2.45, 2.75) is 37.5 Å². The number of rotatable bonds is 3. The molecule has 0 aliphatic carbocycles. The highest BCUT2D eigenvalue weighted by molar-refractivity contribution is 7.89. The fraction of sp³-hybridized carbons (Fsp3) is 0.333. The number of hydrogen-bond acceptors (Lipinski definition) is 2.